The van der Waals surface area contributed by atoms with Gasteiger partial charge in [0.15, 0.2) is 5.69 Å². The molecule has 156 valence electrons. The van der Waals surface area contributed by atoms with Crippen LogP contribution in [0.15, 0.2) is 17.1 Å². The summed E-state index contributed by atoms with van der Waals surface area (Å²) in [6.45, 7) is 9.54. The number of halogens is 1. The second-order valence-corrected chi connectivity index (χ2v) is 5.69. The van der Waals surface area contributed by atoms with Gasteiger partial charge in [-0.3, -0.25) is 0 Å². The molecule has 0 unspecified atom stereocenters. The van der Waals surface area contributed by atoms with Crippen molar-refractivity contribution in [2.45, 2.75) is 34.6 Å². The molecule has 0 radical (unpaired) electrons. The van der Waals surface area contributed by atoms with Gasteiger partial charge < -0.3 is 30.9 Å². The fraction of sp³-hybridized carbons (Fsp3) is 0.389. The van der Waals surface area contributed by atoms with Crippen LogP contribution in [-0.4, -0.2) is 41.0 Å². The number of aliphatic imine (C=N–C) groups is 1. The Kier molecular flexibility index (Phi) is 10.5. The molecule has 2 aromatic rings. The molecule has 9 nitrogen and oxygen atoms in total. The van der Waals surface area contributed by atoms with E-state index in [0.717, 1.165) is 11.4 Å². The van der Waals surface area contributed by atoms with Crippen LogP contribution in [0, 0.1) is 13.8 Å². The highest BCUT2D eigenvalue weighted by molar-refractivity contribution is 5.95. The van der Waals surface area contributed by atoms with E-state index in [0.29, 0.717) is 41.8 Å². The lowest BCUT2D eigenvalue weighted by atomic mass is 10.3. The van der Waals surface area contributed by atoms with Crippen molar-refractivity contribution in [2.75, 3.05) is 18.9 Å². The van der Waals surface area contributed by atoms with Crippen molar-refractivity contribution in [3.05, 3.63) is 34.9 Å². The van der Waals surface area contributed by atoms with E-state index in [4.69, 9.17) is 20.9 Å². The Balaban J connectivity index is 0.000000514. The number of nitrogens with one attached hydrogen (secondary N) is 2. The Hall–Kier alpha value is -2.94. The molecule has 0 spiro atoms. The second-order valence-electron chi connectivity index (χ2n) is 5.69. The number of hydrogen-bond acceptors (Lipinski definition) is 6. The first-order chi connectivity index (χ1) is 12.7. The van der Waals surface area contributed by atoms with Gasteiger partial charge >= 0.3 is 11.9 Å². The summed E-state index contributed by atoms with van der Waals surface area (Å²) in [5.41, 5.74) is 14.3. The molecule has 0 saturated heterocycles. The lowest BCUT2D eigenvalue weighted by Crippen LogP contribution is -2.07. The number of esters is 2. The number of carbonyl (C=O) groups excluding carboxylic acids is 2. The van der Waals surface area contributed by atoms with Crippen LogP contribution in [0.1, 0.15) is 53.1 Å². The fourth-order valence-corrected chi connectivity index (χ4v) is 2.19. The summed E-state index contributed by atoms with van der Waals surface area (Å²) in [6, 6.07) is 3.45. The maximum Gasteiger partial charge on any atom is 0.357 e. The van der Waals surface area contributed by atoms with E-state index in [1.54, 1.807) is 32.9 Å². The van der Waals surface area contributed by atoms with E-state index >= 15 is 0 Å². The summed E-state index contributed by atoms with van der Waals surface area (Å²) in [5.74, 6) is -0.409. The van der Waals surface area contributed by atoms with Crippen molar-refractivity contribution in [3.8, 4) is 0 Å². The molecule has 28 heavy (non-hydrogen) atoms. The zero-order valence-corrected chi connectivity index (χ0v) is 17.5. The molecule has 0 atom stereocenters. The van der Waals surface area contributed by atoms with Gasteiger partial charge in [-0.15, -0.1) is 12.4 Å². The summed E-state index contributed by atoms with van der Waals surface area (Å²) in [5, 5.41) is 0. The predicted molar refractivity (Wildman–Crippen MR) is 112 cm³/mol. The number of aromatic nitrogens is 2. The highest BCUT2D eigenvalue weighted by Crippen LogP contribution is 2.21. The number of nitrogen functional groups attached to an aromatic ring is 1. The molecule has 6 N–H and O–H groups in total. The van der Waals surface area contributed by atoms with Crippen molar-refractivity contribution in [2.24, 2.45) is 10.7 Å². The monoisotopic (exact) mass is 413 g/mol. The maximum absolute atomic E-state index is 11.5. The number of rotatable bonds is 5. The van der Waals surface area contributed by atoms with Gasteiger partial charge in [-0.1, -0.05) is 0 Å². The second kappa shape index (κ2) is 11.7. The van der Waals surface area contributed by atoms with Crippen molar-refractivity contribution in [3.63, 3.8) is 0 Å². The van der Waals surface area contributed by atoms with Crippen molar-refractivity contribution >= 4 is 41.6 Å². The third kappa shape index (κ3) is 7.36. The van der Waals surface area contributed by atoms with E-state index in [1.807, 2.05) is 13.8 Å². The minimum absolute atomic E-state index is 0. The highest BCUT2D eigenvalue weighted by atomic mass is 35.5. The zero-order chi connectivity index (χ0) is 20.6. The van der Waals surface area contributed by atoms with Gasteiger partial charge in [0.2, 0.25) is 0 Å². The van der Waals surface area contributed by atoms with Crippen LogP contribution in [-0.2, 0) is 9.47 Å². The number of aryl methyl sites for hydroxylation is 2. The molecule has 10 heteroatoms. The number of anilines is 1. The molecule has 0 saturated carbocycles. The van der Waals surface area contributed by atoms with Gasteiger partial charge in [0.05, 0.1) is 30.4 Å². The molecule has 2 aromatic heterocycles. The number of H-pyrrole nitrogens is 2. The Bertz CT molecular complexity index is 822. The smallest absolute Gasteiger partial charge is 0.357 e. The Morgan fingerprint density at radius 1 is 1.00 bits per heavy atom. The quantitative estimate of drug-likeness (QED) is 0.336. The molecule has 2 rings (SSSR count). The van der Waals surface area contributed by atoms with Gasteiger partial charge in [-0.25, -0.2) is 14.6 Å². The normalized spacial score (nSPS) is 10.4. The number of nitrogens with two attached hydrogens (primary N) is 2. The Morgan fingerprint density at radius 2 is 1.46 bits per heavy atom. The topological polar surface area (TPSA) is 149 Å². The molecule has 0 aliphatic heterocycles. The van der Waals surface area contributed by atoms with Crippen molar-refractivity contribution in [1.82, 2.24) is 9.97 Å². The third-order valence-electron chi connectivity index (χ3n) is 3.17. The first kappa shape index (κ1) is 25.1. The van der Waals surface area contributed by atoms with Gasteiger partial charge in [0.25, 0.3) is 0 Å². The zero-order valence-electron chi connectivity index (χ0n) is 16.7. The fourth-order valence-electron chi connectivity index (χ4n) is 2.19. The summed E-state index contributed by atoms with van der Waals surface area (Å²) in [7, 11) is 0. The lowest BCUT2D eigenvalue weighted by Gasteiger charge is -2.00. The number of hydrogen-bond donors (Lipinski definition) is 4. The van der Waals surface area contributed by atoms with Crippen molar-refractivity contribution < 1.29 is 19.1 Å². The standard InChI is InChI=1S/C10H15N3O2.C8H12N2O2.ClH/c1-4-15-10(14)9-8(13-7(3)11)5-6(2)12-9;1-3-12-8(11)7-6(9)4-5(2)10-7;/h5,12H,4H2,1-3H3,(H2,11,13);4,10H,3,9H2,1-2H3;1H. The summed E-state index contributed by atoms with van der Waals surface area (Å²) in [4.78, 5) is 32.4. The maximum atomic E-state index is 11.5. The summed E-state index contributed by atoms with van der Waals surface area (Å²) >= 11 is 0. The molecule has 0 fully saturated rings. The number of carbonyl (C=O) groups is 2. The molecular weight excluding hydrogens is 386 g/mol. The minimum Gasteiger partial charge on any atom is -0.461 e. The predicted octanol–water partition coefficient (Wildman–Crippen LogP) is 3.01. The van der Waals surface area contributed by atoms with Gasteiger partial charge in [0, 0.05) is 11.4 Å². The van der Waals surface area contributed by atoms with Crippen LogP contribution in [0.25, 0.3) is 0 Å². The average Bonchev–Trinajstić information content (AvgIpc) is 3.09. The van der Waals surface area contributed by atoms with E-state index < -0.39 is 11.9 Å². The largest absolute Gasteiger partial charge is 0.461 e. The summed E-state index contributed by atoms with van der Waals surface area (Å²) in [6.07, 6.45) is 0. The lowest BCUT2D eigenvalue weighted by molar-refractivity contribution is 0.0511. The first-order valence-corrected chi connectivity index (χ1v) is 8.49. The average molecular weight is 414 g/mol. The molecule has 0 bridgehead atoms. The molecule has 0 aliphatic rings. The van der Waals surface area contributed by atoms with Gasteiger partial charge in [0.1, 0.15) is 5.69 Å². The van der Waals surface area contributed by atoms with E-state index in [-0.39, 0.29) is 12.4 Å². The van der Waals surface area contributed by atoms with Crippen LogP contribution in [0.2, 0.25) is 0 Å². The van der Waals surface area contributed by atoms with Gasteiger partial charge in [-0.05, 0) is 46.8 Å². The number of amidine groups is 1. The third-order valence-corrected chi connectivity index (χ3v) is 3.17. The number of ether oxygens (including phenoxy) is 2. The van der Waals surface area contributed by atoms with E-state index in [2.05, 4.69) is 15.0 Å². The Morgan fingerprint density at radius 3 is 1.89 bits per heavy atom. The van der Waals surface area contributed by atoms with Gasteiger partial charge in [-0.2, -0.15) is 0 Å². The summed E-state index contributed by atoms with van der Waals surface area (Å²) < 4.78 is 9.66. The van der Waals surface area contributed by atoms with Crippen molar-refractivity contribution in [1.29, 1.82) is 0 Å². The van der Waals surface area contributed by atoms with E-state index in [9.17, 15) is 9.59 Å². The van der Waals surface area contributed by atoms with E-state index in [1.165, 1.54) is 0 Å². The van der Waals surface area contributed by atoms with Crippen LogP contribution in [0.4, 0.5) is 11.4 Å². The molecular formula is C18H28ClN5O4. The molecule has 0 aromatic carbocycles. The number of nitrogens with zero attached hydrogens (tertiary/aromatic N) is 1. The highest BCUT2D eigenvalue weighted by Gasteiger charge is 2.15. The SMILES string of the molecule is CCOC(=O)c1[nH]c(C)cc1N.CCOC(=O)c1[nH]c(C)cc1N=C(C)N.Cl. The Labute approximate surface area is 170 Å². The van der Waals surface area contributed by atoms with Crippen LogP contribution in [0.3, 0.4) is 0 Å². The molecule has 0 amide bonds. The van der Waals surface area contributed by atoms with Crippen LogP contribution in [0.5, 0.6) is 0 Å². The minimum atomic E-state index is -0.411. The van der Waals surface area contributed by atoms with Crippen LogP contribution >= 0.6 is 12.4 Å². The van der Waals surface area contributed by atoms with Crippen LogP contribution < -0.4 is 11.5 Å². The first-order valence-electron chi connectivity index (χ1n) is 8.49. The molecule has 2 heterocycles. The molecule has 0 aliphatic carbocycles. The number of aromatic amines is 2.